The van der Waals surface area contributed by atoms with Crippen molar-refractivity contribution in [1.82, 2.24) is 9.21 Å². The number of nitrogens with zero attached hydrogens (tertiary/aromatic N) is 3. The average molecular weight is 311 g/mol. The van der Waals surface area contributed by atoms with E-state index in [1.807, 2.05) is 6.07 Å². The first kappa shape index (κ1) is 13.5. The minimum atomic E-state index is -3.54. The average Bonchev–Trinajstić information content (AvgIpc) is 3.06. The third-order valence-electron chi connectivity index (χ3n) is 3.74. The standard InChI is InChI=1S/C12H13N3O3S2/c13-7-10-2-4-12(19-10)20(17,18)14-5-6-15-9(8-14)1-3-11(15)16/h2,4,9H,1,3,5-6,8H2. The van der Waals surface area contributed by atoms with Crippen molar-refractivity contribution < 1.29 is 13.2 Å². The summed E-state index contributed by atoms with van der Waals surface area (Å²) in [6.07, 6.45) is 1.23. The lowest BCUT2D eigenvalue weighted by Crippen LogP contribution is -2.52. The summed E-state index contributed by atoms with van der Waals surface area (Å²) in [5.41, 5.74) is 0. The fourth-order valence-corrected chi connectivity index (χ4v) is 5.43. The van der Waals surface area contributed by atoms with E-state index < -0.39 is 10.0 Å². The monoisotopic (exact) mass is 311 g/mol. The van der Waals surface area contributed by atoms with Crippen LogP contribution in [0, 0.1) is 11.3 Å². The van der Waals surface area contributed by atoms with Crippen molar-refractivity contribution in [2.75, 3.05) is 19.6 Å². The number of carbonyl (C=O) groups is 1. The molecular weight excluding hydrogens is 298 g/mol. The molecule has 1 amide bonds. The molecule has 0 radical (unpaired) electrons. The summed E-state index contributed by atoms with van der Waals surface area (Å²) in [5.74, 6) is 0.120. The van der Waals surface area contributed by atoms with E-state index in [4.69, 9.17) is 5.26 Å². The van der Waals surface area contributed by atoms with Crippen LogP contribution in [0.5, 0.6) is 0 Å². The Balaban J connectivity index is 1.82. The molecule has 0 spiro atoms. The Bertz CT molecular complexity index is 689. The summed E-state index contributed by atoms with van der Waals surface area (Å²) in [5, 5.41) is 8.79. The summed E-state index contributed by atoms with van der Waals surface area (Å²) < 4.78 is 26.7. The lowest BCUT2D eigenvalue weighted by Gasteiger charge is -2.36. The van der Waals surface area contributed by atoms with Crippen LogP contribution >= 0.6 is 11.3 Å². The van der Waals surface area contributed by atoms with E-state index in [1.165, 1.54) is 16.4 Å². The molecule has 2 fully saturated rings. The van der Waals surface area contributed by atoms with Crippen molar-refractivity contribution in [3.05, 3.63) is 17.0 Å². The quantitative estimate of drug-likeness (QED) is 0.801. The highest BCUT2D eigenvalue weighted by Crippen LogP contribution is 2.29. The van der Waals surface area contributed by atoms with Crippen LogP contribution in [-0.4, -0.2) is 49.2 Å². The molecule has 2 aliphatic rings. The molecule has 106 valence electrons. The van der Waals surface area contributed by atoms with Gasteiger partial charge in [0.25, 0.3) is 10.0 Å². The SMILES string of the molecule is N#Cc1ccc(S(=O)(=O)N2CCN3C(=O)CCC3C2)s1. The van der Waals surface area contributed by atoms with E-state index in [1.54, 1.807) is 4.90 Å². The number of fused-ring (bicyclic) bond motifs is 1. The van der Waals surface area contributed by atoms with Gasteiger partial charge in [-0.2, -0.15) is 9.57 Å². The number of piperazine rings is 1. The lowest BCUT2D eigenvalue weighted by atomic mass is 10.2. The van der Waals surface area contributed by atoms with Gasteiger partial charge in [-0.1, -0.05) is 0 Å². The van der Waals surface area contributed by atoms with Gasteiger partial charge >= 0.3 is 0 Å². The maximum Gasteiger partial charge on any atom is 0.252 e. The normalized spacial score (nSPS) is 23.6. The number of sulfonamides is 1. The van der Waals surface area contributed by atoms with Crippen molar-refractivity contribution in [2.24, 2.45) is 0 Å². The Morgan fingerprint density at radius 1 is 1.35 bits per heavy atom. The maximum atomic E-state index is 12.5. The maximum absolute atomic E-state index is 12.5. The van der Waals surface area contributed by atoms with Crippen LogP contribution in [0.4, 0.5) is 0 Å². The minimum absolute atomic E-state index is 0.00132. The third kappa shape index (κ3) is 2.12. The zero-order valence-electron chi connectivity index (χ0n) is 10.7. The van der Waals surface area contributed by atoms with Crippen LogP contribution < -0.4 is 0 Å². The highest BCUT2D eigenvalue weighted by molar-refractivity contribution is 7.91. The molecule has 1 aromatic rings. The smallest absolute Gasteiger partial charge is 0.252 e. The molecule has 0 aliphatic carbocycles. The number of amides is 1. The first-order valence-corrected chi connectivity index (χ1v) is 8.57. The van der Waals surface area contributed by atoms with Gasteiger partial charge in [0.2, 0.25) is 5.91 Å². The van der Waals surface area contributed by atoms with Gasteiger partial charge in [-0.15, -0.1) is 11.3 Å². The second-order valence-electron chi connectivity index (χ2n) is 4.87. The fraction of sp³-hybridized carbons (Fsp3) is 0.500. The van der Waals surface area contributed by atoms with Crippen molar-refractivity contribution in [1.29, 1.82) is 5.26 Å². The third-order valence-corrected chi connectivity index (χ3v) is 7.07. The highest BCUT2D eigenvalue weighted by Gasteiger charge is 2.39. The molecule has 2 saturated heterocycles. The van der Waals surface area contributed by atoms with Gasteiger partial charge in [0, 0.05) is 32.1 Å². The van der Waals surface area contributed by atoms with Crippen LogP contribution in [-0.2, 0) is 14.8 Å². The molecule has 0 aromatic carbocycles. The molecule has 6 nitrogen and oxygen atoms in total. The first-order chi connectivity index (χ1) is 9.52. The van der Waals surface area contributed by atoms with Crippen molar-refractivity contribution in [2.45, 2.75) is 23.1 Å². The molecule has 1 atom stereocenters. The van der Waals surface area contributed by atoms with Crippen LogP contribution in [0.2, 0.25) is 0 Å². The zero-order chi connectivity index (χ0) is 14.3. The Morgan fingerprint density at radius 2 is 2.15 bits per heavy atom. The predicted molar refractivity (Wildman–Crippen MR) is 72.5 cm³/mol. The Hall–Kier alpha value is -1.43. The molecule has 0 bridgehead atoms. The van der Waals surface area contributed by atoms with Gasteiger partial charge in [0.05, 0.1) is 0 Å². The number of hydrogen-bond donors (Lipinski definition) is 0. The molecule has 3 rings (SSSR count). The molecule has 1 unspecified atom stereocenters. The number of thiophene rings is 1. The van der Waals surface area contributed by atoms with Crippen molar-refractivity contribution >= 4 is 27.3 Å². The fourth-order valence-electron chi connectivity index (χ4n) is 2.70. The first-order valence-electron chi connectivity index (χ1n) is 6.32. The van der Waals surface area contributed by atoms with Gasteiger partial charge in [-0.3, -0.25) is 4.79 Å². The topological polar surface area (TPSA) is 81.5 Å². The second kappa shape index (κ2) is 4.84. The number of rotatable bonds is 2. The van der Waals surface area contributed by atoms with E-state index in [9.17, 15) is 13.2 Å². The van der Waals surface area contributed by atoms with E-state index >= 15 is 0 Å². The Labute approximate surface area is 121 Å². The number of carbonyl (C=O) groups excluding carboxylic acids is 1. The summed E-state index contributed by atoms with van der Waals surface area (Å²) in [6.45, 7) is 1.14. The van der Waals surface area contributed by atoms with Crippen LogP contribution in [0.3, 0.4) is 0 Å². The summed E-state index contributed by atoms with van der Waals surface area (Å²) in [4.78, 5) is 13.8. The molecule has 1 aromatic heterocycles. The molecule has 20 heavy (non-hydrogen) atoms. The zero-order valence-corrected chi connectivity index (χ0v) is 12.3. The Kier molecular flexibility index (Phi) is 3.28. The van der Waals surface area contributed by atoms with E-state index in [0.29, 0.717) is 30.9 Å². The molecule has 3 heterocycles. The molecule has 0 saturated carbocycles. The van der Waals surface area contributed by atoms with Crippen molar-refractivity contribution in [3.63, 3.8) is 0 Å². The Morgan fingerprint density at radius 3 is 2.85 bits per heavy atom. The van der Waals surface area contributed by atoms with Gasteiger partial charge in [0.15, 0.2) is 0 Å². The molecule has 0 N–H and O–H groups in total. The van der Waals surface area contributed by atoms with E-state index in [2.05, 4.69) is 0 Å². The number of nitriles is 1. The highest BCUT2D eigenvalue weighted by atomic mass is 32.2. The summed E-state index contributed by atoms with van der Waals surface area (Å²) in [7, 11) is -3.54. The number of hydrogen-bond acceptors (Lipinski definition) is 5. The van der Waals surface area contributed by atoms with Crippen LogP contribution in [0.15, 0.2) is 16.3 Å². The van der Waals surface area contributed by atoms with Crippen molar-refractivity contribution in [3.8, 4) is 6.07 Å². The summed E-state index contributed by atoms with van der Waals surface area (Å²) >= 11 is 0.988. The lowest BCUT2D eigenvalue weighted by molar-refractivity contribution is -0.130. The van der Waals surface area contributed by atoms with Gasteiger partial charge < -0.3 is 4.90 Å². The summed E-state index contributed by atoms with van der Waals surface area (Å²) in [6, 6.07) is 4.95. The van der Waals surface area contributed by atoms with Crippen LogP contribution in [0.1, 0.15) is 17.7 Å². The largest absolute Gasteiger partial charge is 0.337 e. The molecule has 8 heteroatoms. The van der Waals surface area contributed by atoms with E-state index in [0.717, 1.165) is 17.8 Å². The van der Waals surface area contributed by atoms with E-state index in [-0.39, 0.29) is 16.2 Å². The molecule has 2 aliphatic heterocycles. The minimum Gasteiger partial charge on any atom is -0.337 e. The van der Waals surface area contributed by atoms with Gasteiger partial charge in [-0.05, 0) is 18.6 Å². The second-order valence-corrected chi connectivity index (χ2v) is 8.12. The van der Waals surface area contributed by atoms with Gasteiger partial charge in [-0.25, -0.2) is 8.42 Å². The van der Waals surface area contributed by atoms with Crippen LogP contribution in [0.25, 0.3) is 0 Å². The van der Waals surface area contributed by atoms with Gasteiger partial charge in [0.1, 0.15) is 15.2 Å². The molecular formula is C12H13N3O3S2. The predicted octanol–water partition coefficient (Wildman–Crippen LogP) is 0.615.